The van der Waals surface area contributed by atoms with Crippen LogP contribution in [-0.4, -0.2) is 58.9 Å². The number of carbonyl (C=O) groups is 1. The van der Waals surface area contributed by atoms with Crippen molar-refractivity contribution in [1.82, 2.24) is 5.32 Å². The number of nitrogens with one attached hydrogen (secondary N) is 3. The lowest BCUT2D eigenvalue weighted by Gasteiger charge is -2.29. The molecular formula is C22H31N3O3+2. The smallest absolute Gasteiger partial charge is 0.275 e. The van der Waals surface area contributed by atoms with Gasteiger partial charge in [-0.2, -0.15) is 0 Å². The van der Waals surface area contributed by atoms with Crippen LogP contribution in [0.4, 0.5) is 0 Å². The third-order valence-corrected chi connectivity index (χ3v) is 5.21. The van der Waals surface area contributed by atoms with E-state index in [1.54, 1.807) is 12.0 Å². The molecule has 28 heavy (non-hydrogen) atoms. The first-order chi connectivity index (χ1) is 13.7. The number of methoxy groups -OCH3 is 1. The van der Waals surface area contributed by atoms with Gasteiger partial charge >= 0.3 is 0 Å². The molecule has 1 saturated heterocycles. The summed E-state index contributed by atoms with van der Waals surface area (Å²) in [7, 11) is 1.65. The Labute approximate surface area is 167 Å². The van der Waals surface area contributed by atoms with Crippen molar-refractivity contribution in [3.63, 3.8) is 0 Å². The van der Waals surface area contributed by atoms with Gasteiger partial charge in [-0.05, 0) is 18.2 Å². The number of rotatable bonds is 9. The first kappa shape index (κ1) is 20.2. The fraction of sp³-hybridized carbons (Fsp3) is 0.409. The molecule has 0 aliphatic carbocycles. The third kappa shape index (κ3) is 6.25. The van der Waals surface area contributed by atoms with Gasteiger partial charge in [-0.1, -0.05) is 36.4 Å². The quantitative estimate of drug-likeness (QED) is 0.528. The van der Waals surface area contributed by atoms with Crippen LogP contribution in [-0.2, 0) is 11.3 Å². The molecule has 1 amide bonds. The van der Waals surface area contributed by atoms with Crippen molar-refractivity contribution in [2.75, 3.05) is 53.0 Å². The van der Waals surface area contributed by atoms with Crippen molar-refractivity contribution in [1.29, 1.82) is 0 Å². The number of ether oxygens (including phenoxy) is 2. The lowest BCUT2D eigenvalue weighted by Crippen LogP contribution is -3.28. The average Bonchev–Trinajstić information content (AvgIpc) is 2.74. The highest BCUT2D eigenvalue weighted by molar-refractivity contribution is 5.76. The molecule has 0 unspecified atom stereocenters. The van der Waals surface area contributed by atoms with Crippen molar-refractivity contribution in [2.24, 2.45) is 0 Å². The highest BCUT2D eigenvalue weighted by Crippen LogP contribution is 2.16. The van der Waals surface area contributed by atoms with Crippen LogP contribution in [0.2, 0.25) is 0 Å². The first-order valence-electron chi connectivity index (χ1n) is 9.98. The van der Waals surface area contributed by atoms with E-state index in [1.807, 2.05) is 54.6 Å². The molecule has 0 spiro atoms. The Morgan fingerprint density at radius 1 is 0.964 bits per heavy atom. The van der Waals surface area contributed by atoms with Crippen molar-refractivity contribution in [3.05, 3.63) is 60.2 Å². The van der Waals surface area contributed by atoms with Gasteiger partial charge in [-0.3, -0.25) is 4.79 Å². The Morgan fingerprint density at radius 2 is 1.64 bits per heavy atom. The summed E-state index contributed by atoms with van der Waals surface area (Å²) in [6.45, 7) is 6.95. The van der Waals surface area contributed by atoms with Gasteiger partial charge in [-0.15, -0.1) is 0 Å². The molecule has 0 saturated carbocycles. The predicted molar refractivity (Wildman–Crippen MR) is 108 cm³/mol. The van der Waals surface area contributed by atoms with E-state index in [0.29, 0.717) is 13.1 Å². The van der Waals surface area contributed by atoms with Crippen molar-refractivity contribution in [2.45, 2.75) is 6.54 Å². The molecule has 0 aromatic heterocycles. The molecule has 150 valence electrons. The van der Waals surface area contributed by atoms with Gasteiger partial charge in [-0.25, -0.2) is 0 Å². The summed E-state index contributed by atoms with van der Waals surface area (Å²) in [5, 5.41) is 3.02. The van der Waals surface area contributed by atoms with Gasteiger partial charge in [0.15, 0.2) is 6.54 Å². The van der Waals surface area contributed by atoms with Gasteiger partial charge in [0, 0.05) is 12.1 Å². The summed E-state index contributed by atoms with van der Waals surface area (Å²) in [6, 6.07) is 17.7. The van der Waals surface area contributed by atoms with Crippen LogP contribution in [0, 0.1) is 0 Å². The Balaban J connectivity index is 1.32. The van der Waals surface area contributed by atoms with Gasteiger partial charge in [0.2, 0.25) is 0 Å². The Bertz CT molecular complexity index is 731. The number of para-hydroxylation sites is 2. The van der Waals surface area contributed by atoms with E-state index in [9.17, 15) is 4.79 Å². The number of benzene rings is 2. The summed E-state index contributed by atoms with van der Waals surface area (Å²) >= 11 is 0. The zero-order valence-corrected chi connectivity index (χ0v) is 16.6. The maximum atomic E-state index is 12.3. The molecule has 6 heteroatoms. The highest BCUT2D eigenvalue weighted by Gasteiger charge is 2.24. The maximum Gasteiger partial charge on any atom is 0.275 e. The Kier molecular flexibility index (Phi) is 7.70. The lowest BCUT2D eigenvalue weighted by molar-refractivity contribution is -1.01. The van der Waals surface area contributed by atoms with E-state index >= 15 is 0 Å². The molecule has 6 nitrogen and oxygen atoms in total. The summed E-state index contributed by atoms with van der Waals surface area (Å²) < 4.78 is 11.1. The van der Waals surface area contributed by atoms with Crippen LogP contribution in [0.1, 0.15) is 5.56 Å². The standard InChI is InChI=1S/C22H29N3O3/c1-27-21-10-6-5-7-19(21)17-23-22(26)18-25-13-11-24(12-14-25)15-16-28-20-8-3-2-4-9-20/h2-10H,11-18H2,1H3,(H,23,26)/p+2. The number of hydrogen-bond acceptors (Lipinski definition) is 3. The zero-order valence-electron chi connectivity index (χ0n) is 16.6. The van der Waals surface area contributed by atoms with Crippen LogP contribution in [0.15, 0.2) is 54.6 Å². The van der Waals surface area contributed by atoms with E-state index in [4.69, 9.17) is 9.47 Å². The highest BCUT2D eigenvalue weighted by atomic mass is 16.5. The van der Waals surface area contributed by atoms with Crippen molar-refractivity contribution < 1.29 is 24.1 Å². The molecule has 1 aliphatic rings. The van der Waals surface area contributed by atoms with E-state index in [1.165, 1.54) is 4.90 Å². The molecule has 3 N–H and O–H groups in total. The predicted octanol–water partition coefficient (Wildman–Crippen LogP) is -0.826. The minimum Gasteiger partial charge on any atom is -0.496 e. The monoisotopic (exact) mass is 385 g/mol. The molecular weight excluding hydrogens is 354 g/mol. The number of quaternary nitrogens is 2. The molecule has 2 aromatic carbocycles. The fourth-order valence-electron chi connectivity index (χ4n) is 3.55. The summed E-state index contributed by atoms with van der Waals surface area (Å²) in [5.74, 6) is 1.83. The molecule has 3 rings (SSSR count). The SMILES string of the molecule is COc1ccccc1CNC(=O)C[NH+]1CC[NH+](CCOc2ccccc2)CC1. The second-order valence-corrected chi connectivity index (χ2v) is 7.18. The maximum absolute atomic E-state index is 12.3. The van der Waals surface area contributed by atoms with Crippen LogP contribution < -0.4 is 24.6 Å². The molecule has 0 radical (unpaired) electrons. The second kappa shape index (κ2) is 10.7. The van der Waals surface area contributed by atoms with Crippen LogP contribution >= 0.6 is 0 Å². The van der Waals surface area contributed by atoms with Gasteiger partial charge in [0.05, 0.1) is 7.11 Å². The van der Waals surface area contributed by atoms with E-state index < -0.39 is 0 Å². The molecule has 1 heterocycles. The number of carbonyl (C=O) groups excluding carboxylic acids is 1. The van der Waals surface area contributed by atoms with Crippen LogP contribution in [0.3, 0.4) is 0 Å². The van der Waals surface area contributed by atoms with Crippen LogP contribution in [0.5, 0.6) is 11.5 Å². The van der Waals surface area contributed by atoms with Gasteiger partial charge in [0.1, 0.15) is 50.8 Å². The minimum absolute atomic E-state index is 0.0942. The summed E-state index contributed by atoms with van der Waals surface area (Å²) in [4.78, 5) is 15.2. The van der Waals surface area contributed by atoms with Crippen molar-refractivity contribution in [3.8, 4) is 11.5 Å². The Hall–Kier alpha value is -2.57. The minimum atomic E-state index is 0.0942. The van der Waals surface area contributed by atoms with Crippen LogP contribution in [0.25, 0.3) is 0 Å². The second-order valence-electron chi connectivity index (χ2n) is 7.18. The first-order valence-corrected chi connectivity index (χ1v) is 9.98. The number of amides is 1. The normalized spacial score (nSPS) is 19.0. The van der Waals surface area contributed by atoms with Gasteiger partial charge < -0.3 is 24.6 Å². The van der Waals surface area contributed by atoms with E-state index in [0.717, 1.165) is 56.4 Å². The number of hydrogen-bond donors (Lipinski definition) is 3. The molecule has 0 atom stereocenters. The van der Waals surface area contributed by atoms with E-state index in [2.05, 4.69) is 5.32 Å². The zero-order chi connectivity index (χ0) is 19.6. The molecule has 0 bridgehead atoms. The van der Waals surface area contributed by atoms with E-state index in [-0.39, 0.29) is 5.91 Å². The largest absolute Gasteiger partial charge is 0.496 e. The Morgan fingerprint density at radius 3 is 2.39 bits per heavy atom. The van der Waals surface area contributed by atoms with Crippen molar-refractivity contribution >= 4 is 5.91 Å². The third-order valence-electron chi connectivity index (χ3n) is 5.21. The molecule has 1 aliphatic heterocycles. The average molecular weight is 386 g/mol. The summed E-state index contributed by atoms with van der Waals surface area (Å²) in [6.07, 6.45) is 0. The molecule has 2 aromatic rings. The topological polar surface area (TPSA) is 56.4 Å². The number of piperazine rings is 1. The van der Waals surface area contributed by atoms with Gasteiger partial charge in [0.25, 0.3) is 5.91 Å². The summed E-state index contributed by atoms with van der Waals surface area (Å²) in [5.41, 5.74) is 1.00. The molecule has 1 fully saturated rings. The lowest BCUT2D eigenvalue weighted by atomic mass is 10.2. The fourth-order valence-corrected chi connectivity index (χ4v) is 3.55.